The molecule has 5 heteroatoms. The van der Waals surface area contributed by atoms with Crippen LogP contribution in [-0.2, 0) is 0 Å². The molecule has 0 saturated carbocycles. The van der Waals surface area contributed by atoms with E-state index in [1.807, 2.05) is 60.7 Å². The second kappa shape index (κ2) is 13.0. The Labute approximate surface area is 322 Å². The number of para-hydroxylation sites is 2. The third kappa shape index (κ3) is 5.53. The van der Waals surface area contributed by atoms with E-state index in [1.54, 1.807) is 0 Å². The predicted octanol–water partition coefficient (Wildman–Crippen LogP) is 13.7. The number of benzene rings is 8. The third-order valence-corrected chi connectivity index (χ3v) is 10.5. The minimum atomic E-state index is 0.613. The Hall–Kier alpha value is -7.63. The molecule has 56 heavy (non-hydrogen) atoms. The fraction of sp³-hybridized carbons (Fsp3) is 0. The molecular formula is C51H31N3O2. The van der Waals surface area contributed by atoms with Crippen LogP contribution >= 0.6 is 0 Å². The number of hydrogen-bond donors (Lipinski definition) is 0. The highest BCUT2D eigenvalue weighted by Gasteiger charge is 2.17. The van der Waals surface area contributed by atoms with Gasteiger partial charge in [0.2, 0.25) is 0 Å². The lowest BCUT2D eigenvalue weighted by molar-refractivity contribution is 0.656. The van der Waals surface area contributed by atoms with Crippen molar-refractivity contribution < 1.29 is 8.83 Å². The fourth-order valence-electron chi connectivity index (χ4n) is 7.77. The van der Waals surface area contributed by atoms with E-state index in [-0.39, 0.29) is 0 Å². The van der Waals surface area contributed by atoms with Gasteiger partial charge < -0.3 is 8.83 Å². The minimum absolute atomic E-state index is 0.613. The third-order valence-electron chi connectivity index (χ3n) is 10.5. The van der Waals surface area contributed by atoms with E-state index in [9.17, 15) is 0 Å². The summed E-state index contributed by atoms with van der Waals surface area (Å²) in [5.41, 5.74) is 12.6. The van der Waals surface area contributed by atoms with Gasteiger partial charge in [-0.15, -0.1) is 0 Å². The van der Waals surface area contributed by atoms with Crippen LogP contribution in [0.4, 0.5) is 0 Å². The molecule has 0 radical (unpaired) electrons. The second-order valence-corrected chi connectivity index (χ2v) is 14.0. The summed E-state index contributed by atoms with van der Waals surface area (Å²) < 4.78 is 12.8. The van der Waals surface area contributed by atoms with Gasteiger partial charge >= 0.3 is 0 Å². The van der Waals surface area contributed by atoms with Crippen LogP contribution in [0.3, 0.4) is 0 Å². The van der Waals surface area contributed by atoms with E-state index >= 15 is 0 Å². The van der Waals surface area contributed by atoms with Crippen molar-refractivity contribution in [1.82, 2.24) is 15.0 Å². The quantitative estimate of drug-likeness (QED) is 0.171. The van der Waals surface area contributed by atoms with Crippen LogP contribution in [0.1, 0.15) is 0 Å². The van der Waals surface area contributed by atoms with Gasteiger partial charge in [0, 0.05) is 49.9 Å². The van der Waals surface area contributed by atoms with Crippen molar-refractivity contribution in [1.29, 1.82) is 0 Å². The molecular weight excluding hydrogens is 687 g/mol. The van der Waals surface area contributed by atoms with E-state index in [1.165, 1.54) is 0 Å². The highest BCUT2D eigenvalue weighted by atomic mass is 16.3. The van der Waals surface area contributed by atoms with E-state index < -0.39 is 0 Å². The van der Waals surface area contributed by atoms with Crippen LogP contribution in [0, 0.1) is 0 Å². The fourth-order valence-corrected chi connectivity index (χ4v) is 7.77. The Kier molecular flexibility index (Phi) is 7.42. The Morgan fingerprint density at radius 2 is 0.732 bits per heavy atom. The molecule has 0 amide bonds. The lowest BCUT2D eigenvalue weighted by Gasteiger charge is -2.11. The first-order valence-electron chi connectivity index (χ1n) is 18.7. The van der Waals surface area contributed by atoms with E-state index in [2.05, 4.69) is 127 Å². The minimum Gasteiger partial charge on any atom is -0.456 e. The predicted molar refractivity (Wildman–Crippen MR) is 227 cm³/mol. The second-order valence-electron chi connectivity index (χ2n) is 14.0. The number of rotatable bonds is 6. The van der Waals surface area contributed by atoms with Crippen molar-refractivity contribution in [3.63, 3.8) is 0 Å². The normalized spacial score (nSPS) is 11.6. The van der Waals surface area contributed by atoms with Crippen molar-refractivity contribution in [3.8, 4) is 67.5 Å². The summed E-state index contributed by atoms with van der Waals surface area (Å²) in [6, 6.07) is 64.6. The molecule has 262 valence electrons. The molecule has 3 aromatic heterocycles. The molecule has 0 aliphatic carbocycles. The van der Waals surface area contributed by atoms with E-state index in [4.69, 9.17) is 23.8 Å². The number of hydrogen-bond acceptors (Lipinski definition) is 5. The summed E-state index contributed by atoms with van der Waals surface area (Å²) in [6.07, 6.45) is 0. The van der Waals surface area contributed by atoms with Gasteiger partial charge in [0.05, 0.1) is 0 Å². The van der Waals surface area contributed by atoms with Crippen LogP contribution in [0.5, 0.6) is 0 Å². The standard InChI is InChI=1S/C51H31N3O2/c1-3-13-32(14-4-1)34-17-10-21-38(28-34)50-52-49(33-15-5-2-6-16-33)53-51(54-50)39-22-11-19-36(29-39)35-18-9-20-37(27-35)40-24-12-25-42-44-30-43-41-23-7-8-26-45(41)55-46(43)31-47(44)56-48(40)42/h1-31H. The van der Waals surface area contributed by atoms with Crippen LogP contribution in [-0.4, -0.2) is 15.0 Å². The molecule has 0 fully saturated rings. The molecule has 0 aliphatic heterocycles. The summed E-state index contributed by atoms with van der Waals surface area (Å²) in [5, 5.41) is 4.34. The molecule has 0 spiro atoms. The molecule has 5 nitrogen and oxygen atoms in total. The maximum atomic E-state index is 6.61. The highest BCUT2D eigenvalue weighted by Crippen LogP contribution is 2.41. The zero-order chi connectivity index (χ0) is 37.0. The van der Waals surface area contributed by atoms with Crippen LogP contribution < -0.4 is 0 Å². The molecule has 8 aromatic carbocycles. The van der Waals surface area contributed by atoms with Crippen molar-refractivity contribution in [2.75, 3.05) is 0 Å². The van der Waals surface area contributed by atoms with E-state index in [0.717, 1.165) is 93.9 Å². The largest absolute Gasteiger partial charge is 0.456 e. The van der Waals surface area contributed by atoms with Gasteiger partial charge in [-0.3, -0.25) is 0 Å². The Morgan fingerprint density at radius 1 is 0.268 bits per heavy atom. The molecule has 0 unspecified atom stereocenters. The molecule has 0 saturated heterocycles. The SMILES string of the molecule is c1ccc(-c2cccc(-c3nc(-c4ccccc4)nc(-c4cccc(-c5cccc(-c6cccc7c6oc6cc8oc9ccccc9c8cc67)c5)c4)n3)c2)cc1. The summed E-state index contributed by atoms with van der Waals surface area (Å²) in [5.74, 6) is 1.87. The van der Waals surface area contributed by atoms with Gasteiger partial charge in [-0.25, -0.2) is 15.0 Å². The molecule has 3 heterocycles. The molecule has 0 atom stereocenters. The van der Waals surface area contributed by atoms with Crippen LogP contribution in [0.15, 0.2) is 197 Å². The van der Waals surface area contributed by atoms with Crippen molar-refractivity contribution in [3.05, 3.63) is 188 Å². The average molecular weight is 718 g/mol. The molecule has 11 aromatic rings. The van der Waals surface area contributed by atoms with Gasteiger partial charge in [-0.1, -0.05) is 152 Å². The summed E-state index contributed by atoms with van der Waals surface area (Å²) >= 11 is 0. The summed E-state index contributed by atoms with van der Waals surface area (Å²) in [4.78, 5) is 15.1. The lowest BCUT2D eigenvalue weighted by Crippen LogP contribution is -2.00. The van der Waals surface area contributed by atoms with Gasteiger partial charge in [0.25, 0.3) is 0 Å². The maximum Gasteiger partial charge on any atom is 0.164 e. The molecule has 0 aliphatic rings. The zero-order valence-corrected chi connectivity index (χ0v) is 30.1. The van der Waals surface area contributed by atoms with Crippen molar-refractivity contribution in [2.45, 2.75) is 0 Å². The van der Waals surface area contributed by atoms with Crippen molar-refractivity contribution >= 4 is 43.9 Å². The first kappa shape index (κ1) is 31.9. The molecule has 0 bridgehead atoms. The highest BCUT2D eigenvalue weighted by molar-refractivity contribution is 6.16. The number of nitrogens with zero attached hydrogens (tertiary/aromatic N) is 3. The van der Waals surface area contributed by atoms with Gasteiger partial charge in [-0.05, 0) is 58.1 Å². The first-order valence-corrected chi connectivity index (χ1v) is 18.7. The topological polar surface area (TPSA) is 65.0 Å². The average Bonchev–Trinajstić information content (AvgIpc) is 3.83. The lowest BCUT2D eigenvalue weighted by atomic mass is 9.96. The Bertz CT molecular complexity index is 3250. The van der Waals surface area contributed by atoms with E-state index in [0.29, 0.717) is 17.5 Å². The van der Waals surface area contributed by atoms with Gasteiger partial charge in [0.1, 0.15) is 22.3 Å². The summed E-state index contributed by atoms with van der Waals surface area (Å²) in [7, 11) is 0. The summed E-state index contributed by atoms with van der Waals surface area (Å²) in [6.45, 7) is 0. The van der Waals surface area contributed by atoms with Crippen molar-refractivity contribution in [2.24, 2.45) is 0 Å². The molecule has 0 N–H and O–H groups in total. The Balaban J connectivity index is 0.994. The monoisotopic (exact) mass is 717 g/mol. The smallest absolute Gasteiger partial charge is 0.164 e. The molecule has 11 rings (SSSR count). The Morgan fingerprint density at radius 3 is 1.43 bits per heavy atom. The zero-order valence-electron chi connectivity index (χ0n) is 30.1. The van der Waals surface area contributed by atoms with Gasteiger partial charge in [0.15, 0.2) is 17.5 Å². The number of furan rings is 2. The number of fused-ring (bicyclic) bond motifs is 6. The maximum absolute atomic E-state index is 6.61. The van der Waals surface area contributed by atoms with Crippen LogP contribution in [0.25, 0.3) is 111 Å². The first-order chi connectivity index (χ1) is 27.7. The number of aromatic nitrogens is 3. The van der Waals surface area contributed by atoms with Crippen LogP contribution in [0.2, 0.25) is 0 Å². The van der Waals surface area contributed by atoms with Gasteiger partial charge in [-0.2, -0.15) is 0 Å².